The van der Waals surface area contributed by atoms with Crippen LogP contribution in [0.25, 0.3) is 0 Å². The van der Waals surface area contributed by atoms with E-state index in [2.05, 4.69) is 0 Å². The van der Waals surface area contributed by atoms with Crippen LogP contribution in [0.15, 0.2) is 0 Å². The van der Waals surface area contributed by atoms with E-state index >= 15 is 0 Å². The van der Waals surface area contributed by atoms with Gasteiger partial charge in [-0.25, -0.2) is 0 Å². The van der Waals surface area contributed by atoms with Crippen molar-refractivity contribution in [3.8, 4) is 0 Å². The van der Waals surface area contributed by atoms with E-state index < -0.39 is 0 Å². The molecule has 0 aromatic carbocycles. The zero-order valence-electron chi connectivity index (χ0n) is 0.996. The first-order valence-electron chi connectivity index (χ1n) is 0. The predicted octanol–water partition coefficient (Wildman–Crippen LogP) is -0.924. The Kier molecular flexibility index (Phi) is 116. The third kappa shape index (κ3) is 8.89. The van der Waals surface area contributed by atoms with Crippen LogP contribution in [-0.4, -0.2) is 37.7 Å². The van der Waals surface area contributed by atoms with Crippen LogP contribution in [0.3, 0.4) is 0 Å². The number of hydrogen-bond donors (Lipinski definition) is 0. The Labute approximate surface area is 91.8 Å². The van der Waals surface area contributed by atoms with Crippen molar-refractivity contribution in [2.24, 2.45) is 0 Å². The van der Waals surface area contributed by atoms with Crippen LogP contribution in [0.5, 0.6) is 0 Å². The molecule has 0 fully saturated rings. The molecular formula is H2AuCaMnNi. The van der Waals surface area contributed by atoms with E-state index in [4.69, 9.17) is 0 Å². The van der Waals surface area contributed by atoms with Gasteiger partial charge in [-0.2, -0.15) is 0 Å². The molecule has 0 saturated carbocycles. The molecule has 0 aliphatic rings. The first kappa shape index (κ1) is 27.9. The smallest absolute Gasteiger partial charge is 0 e. The molecule has 0 atom stereocenters. The normalized spacial score (nSPS) is 0. The van der Waals surface area contributed by atoms with Gasteiger partial charge in [-0.05, 0) is 0 Å². The summed E-state index contributed by atoms with van der Waals surface area (Å²) in [7, 11) is 0. The third-order valence-electron chi connectivity index (χ3n) is 0. The summed E-state index contributed by atoms with van der Waals surface area (Å²) in [4.78, 5) is 0. The summed E-state index contributed by atoms with van der Waals surface area (Å²) < 4.78 is 0. The molecule has 2 radical (unpaired) electrons. The van der Waals surface area contributed by atoms with Gasteiger partial charge in [0.1, 0.15) is 0 Å². The molecule has 0 saturated heterocycles. The molecule has 0 N–H and O–H groups in total. The fourth-order valence-electron chi connectivity index (χ4n) is 0. The van der Waals surface area contributed by atoms with Gasteiger partial charge in [0.25, 0.3) is 0 Å². The molecule has 0 unspecified atom stereocenters. The SMILES string of the molecule is [Au].[CaH2].[Mn].[Ni]. The summed E-state index contributed by atoms with van der Waals surface area (Å²) >= 11 is 0. The second-order valence-electron chi connectivity index (χ2n) is 0. The molecule has 0 heterocycles. The Hall–Kier alpha value is 3.01. The van der Waals surface area contributed by atoms with E-state index in [1.165, 1.54) is 0 Å². The number of hydrogen-bond acceptors (Lipinski definition) is 0. The molecule has 0 aromatic rings. The Morgan fingerprint density at radius 3 is 1.00 bits per heavy atom. The van der Waals surface area contributed by atoms with Gasteiger partial charge >= 0.3 is 37.7 Å². The van der Waals surface area contributed by atoms with Crippen molar-refractivity contribution in [1.82, 2.24) is 0 Å². The van der Waals surface area contributed by atoms with E-state index in [-0.39, 0.29) is 93.7 Å². The number of rotatable bonds is 0. The van der Waals surface area contributed by atoms with Crippen LogP contribution < -0.4 is 0 Å². The third-order valence-corrected chi connectivity index (χ3v) is 0. The molecule has 0 rings (SSSR count). The van der Waals surface area contributed by atoms with E-state index in [0.29, 0.717) is 0 Å². The summed E-state index contributed by atoms with van der Waals surface area (Å²) in [5, 5.41) is 0. The Morgan fingerprint density at radius 2 is 1.00 bits per heavy atom. The Bertz CT molecular complexity index is 8.00. The summed E-state index contributed by atoms with van der Waals surface area (Å²) in [6, 6.07) is 0. The molecule has 0 amide bonds. The van der Waals surface area contributed by atoms with Crippen molar-refractivity contribution in [3.63, 3.8) is 0 Å². The van der Waals surface area contributed by atoms with Gasteiger partial charge in [-0.3, -0.25) is 0 Å². The zero-order valence-corrected chi connectivity index (χ0v) is 5.33. The molecule has 0 aliphatic carbocycles. The first-order chi connectivity index (χ1) is 0. The van der Waals surface area contributed by atoms with E-state index in [0.717, 1.165) is 0 Å². The van der Waals surface area contributed by atoms with Crippen molar-refractivity contribution in [1.29, 1.82) is 0 Å². The van der Waals surface area contributed by atoms with E-state index in [1.54, 1.807) is 0 Å². The van der Waals surface area contributed by atoms with Gasteiger partial charge in [-0.1, -0.05) is 0 Å². The average molecular weight is 353 g/mol. The van der Waals surface area contributed by atoms with Gasteiger partial charge in [0, 0.05) is 55.9 Å². The molecular weight excluding hydrogens is 351 g/mol. The van der Waals surface area contributed by atoms with Crippen molar-refractivity contribution in [2.75, 3.05) is 0 Å². The maximum Gasteiger partial charge on any atom is 0 e. The Morgan fingerprint density at radius 1 is 1.00 bits per heavy atom. The van der Waals surface area contributed by atoms with Gasteiger partial charge in [0.2, 0.25) is 0 Å². The standard InChI is InChI=1S/Au.Ca.Mn.Ni.2H. The van der Waals surface area contributed by atoms with Gasteiger partial charge in [0.15, 0.2) is 0 Å². The minimum absolute atomic E-state index is 0. The summed E-state index contributed by atoms with van der Waals surface area (Å²) in [6.07, 6.45) is 0. The second-order valence-corrected chi connectivity index (χ2v) is 0. The molecule has 0 bridgehead atoms. The fraction of sp³-hybridized carbons (Fsp3) is 0. The molecule has 0 aliphatic heterocycles. The summed E-state index contributed by atoms with van der Waals surface area (Å²) in [6.45, 7) is 0. The van der Waals surface area contributed by atoms with E-state index in [1.807, 2.05) is 0 Å². The van der Waals surface area contributed by atoms with Crippen LogP contribution in [-0.2, 0) is 55.9 Å². The fourth-order valence-corrected chi connectivity index (χ4v) is 0. The summed E-state index contributed by atoms with van der Waals surface area (Å²) in [5.41, 5.74) is 0. The predicted molar refractivity (Wildman–Crippen MR) is 8.54 cm³/mol. The monoisotopic (exact) mass is 352 g/mol. The van der Waals surface area contributed by atoms with Crippen molar-refractivity contribution >= 4 is 37.7 Å². The first-order valence-corrected chi connectivity index (χ1v) is 0. The van der Waals surface area contributed by atoms with E-state index in [9.17, 15) is 0 Å². The van der Waals surface area contributed by atoms with Crippen molar-refractivity contribution < 1.29 is 55.9 Å². The van der Waals surface area contributed by atoms with Crippen LogP contribution in [0.4, 0.5) is 0 Å². The van der Waals surface area contributed by atoms with Crippen LogP contribution in [0, 0.1) is 0 Å². The van der Waals surface area contributed by atoms with Gasteiger partial charge < -0.3 is 0 Å². The summed E-state index contributed by atoms with van der Waals surface area (Å²) in [5.74, 6) is 0. The quantitative estimate of drug-likeness (QED) is 0.495. The maximum atomic E-state index is 0. The Balaban J connectivity index is 0. The van der Waals surface area contributed by atoms with Gasteiger partial charge in [-0.15, -0.1) is 0 Å². The molecule has 0 aromatic heterocycles. The average Bonchev–Trinajstić information content (AvgIpc) is 0. The molecule has 0 nitrogen and oxygen atoms in total. The minimum Gasteiger partial charge on any atom is 0 e. The minimum atomic E-state index is 0. The maximum absolute atomic E-state index is 0. The van der Waals surface area contributed by atoms with Crippen molar-refractivity contribution in [2.45, 2.75) is 0 Å². The van der Waals surface area contributed by atoms with Crippen LogP contribution in [0.1, 0.15) is 0 Å². The molecule has 0 spiro atoms. The van der Waals surface area contributed by atoms with Crippen molar-refractivity contribution in [3.05, 3.63) is 0 Å². The second kappa shape index (κ2) is 16.6. The van der Waals surface area contributed by atoms with Crippen LogP contribution >= 0.6 is 0 Å². The zero-order chi connectivity index (χ0) is 0. The topological polar surface area (TPSA) is 0 Å². The van der Waals surface area contributed by atoms with Crippen LogP contribution in [0.2, 0.25) is 0 Å². The van der Waals surface area contributed by atoms with Gasteiger partial charge in [0.05, 0.1) is 0 Å². The molecule has 4 heteroatoms. The largest absolute Gasteiger partial charge is 0 e. The molecule has 32 valence electrons. The molecule has 4 heavy (non-hydrogen) atoms.